The second-order valence-corrected chi connectivity index (χ2v) is 5.04. The van der Waals surface area contributed by atoms with Gasteiger partial charge in [0.2, 0.25) is 5.91 Å². The van der Waals surface area contributed by atoms with Crippen LogP contribution in [0.4, 0.5) is 4.39 Å². The van der Waals surface area contributed by atoms with E-state index in [-0.39, 0.29) is 18.3 Å². The zero-order chi connectivity index (χ0) is 16.1. The van der Waals surface area contributed by atoms with Crippen molar-refractivity contribution in [1.29, 1.82) is 0 Å². The minimum Gasteiger partial charge on any atom is -0.369 e. The maximum Gasteiger partial charge on any atom is 0.254 e. The highest BCUT2D eigenvalue weighted by atomic mass is 19.1. The summed E-state index contributed by atoms with van der Waals surface area (Å²) >= 11 is 0. The van der Waals surface area contributed by atoms with Crippen molar-refractivity contribution in [3.8, 4) is 0 Å². The smallest absolute Gasteiger partial charge is 0.254 e. The van der Waals surface area contributed by atoms with Gasteiger partial charge >= 0.3 is 0 Å². The second kappa shape index (κ2) is 6.84. The fourth-order valence-corrected chi connectivity index (χ4v) is 2.03. The third-order valence-electron chi connectivity index (χ3n) is 3.27. The van der Waals surface area contributed by atoms with Gasteiger partial charge in [-0.3, -0.25) is 14.3 Å². The molecule has 1 heterocycles. The molecule has 22 heavy (non-hydrogen) atoms. The van der Waals surface area contributed by atoms with Crippen LogP contribution in [0.5, 0.6) is 0 Å². The number of nitrogens with one attached hydrogen (secondary N) is 1. The van der Waals surface area contributed by atoms with Crippen molar-refractivity contribution in [2.75, 3.05) is 6.54 Å². The van der Waals surface area contributed by atoms with Crippen molar-refractivity contribution in [3.63, 3.8) is 0 Å². The van der Waals surface area contributed by atoms with Gasteiger partial charge < -0.3 is 11.1 Å². The maximum absolute atomic E-state index is 12.9. The Morgan fingerprint density at radius 1 is 1.36 bits per heavy atom. The molecular weight excluding hydrogens is 287 g/mol. The quantitative estimate of drug-likeness (QED) is 0.820. The summed E-state index contributed by atoms with van der Waals surface area (Å²) in [5.74, 6) is -1.75. The number of aryl methyl sites for hydroxylation is 1. The minimum absolute atomic E-state index is 0.112. The summed E-state index contributed by atoms with van der Waals surface area (Å²) in [7, 11) is 1.71. The number of nitrogens with two attached hydrogens (primary N) is 1. The number of carbonyl (C=O) groups excluding carboxylic acids is 2. The van der Waals surface area contributed by atoms with Crippen LogP contribution in [0.25, 0.3) is 0 Å². The predicted molar refractivity (Wildman–Crippen MR) is 78.3 cm³/mol. The number of carbonyl (C=O) groups is 2. The first kappa shape index (κ1) is 15.7. The van der Waals surface area contributed by atoms with Gasteiger partial charge in [-0.1, -0.05) is 12.1 Å². The molecule has 0 aliphatic heterocycles. The fraction of sp³-hybridized carbons (Fsp3) is 0.267. The first-order valence-corrected chi connectivity index (χ1v) is 6.76. The molecule has 0 fully saturated rings. The molecule has 3 N–H and O–H groups in total. The van der Waals surface area contributed by atoms with Crippen molar-refractivity contribution >= 4 is 11.8 Å². The first-order chi connectivity index (χ1) is 10.5. The Morgan fingerprint density at radius 2 is 2.05 bits per heavy atom. The molecule has 2 aromatic rings. The van der Waals surface area contributed by atoms with E-state index in [1.54, 1.807) is 25.4 Å². The molecule has 0 saturated carbocycles. The highest BCUT2D eigenvalue weighted by molar-refractivity contribution is 5.94. The third-order valence-corrected chi connectivity index (χ3v) is 3.27. The Balaban J connectivity index is 1.95. The lowest BCUT2D eigenvalue weighted by Crippen LogP contribution is -2.37. The minimum atomic E-state index is -0.564. The van der Waals surface area contributed by atoms with Crippen molar-refractivity contribution in [1.82, 2.24) is 15.1 Å². The summed E-state index contributed by atoms with van der Waals surface area (Å²) < 4.78 is 14.4. The fourth-order valence-electron chi connectivity index (χ4n) is 2.03. The molecule has 1 unspecified atom stereocenters. The number of primary amides is 1. The molecule has 7 heteroatoms. The number of aromatic nitrogens is 2. The molecule has 0 saturated heterocycles. The Hall–Kier alpha value is -2.70. The number of benzene rings is 1. The largest absolute Gasteiger partial charge is 0.369 e. The van der Waals surface area contributed by atoms with Gasteiger partial charge in [0.1, 0.15) is 5.82 Å². The van der Waals surface area contributed by atoms with Crippen molar-refractivity contribution < 1.29 is 14.0 Å². The van der Waals surface area contributed by atoms with Crippen LogP contribution in [0.15, 0.2) is 36.7 Å². The van der Waals surface area contributed by atoms with Gasteiger partial charge in [0.25, 0.3) is 5.91 Å². The van der Waals surface area contributed by atoms with Gasteiger partial charge in [0, 0.05) is 19.8 Å². The topological polar surface area (TPSA) is 90.0 Å². The van der Waals surface area contributed by atoms with E-state index in [2.05, 4.69) is 10.4 Å². The lowest BCUT2D eigenvalue weighted by atomic mass is 9.98. The number of hydrogen-bond acceptors (Lipinski definition) is 3. The van der Waals surface area contributed by atoms with E-state index in [9.17, 15) is 14.0 Å². The van der Waals surface area contributed by atoms with Crippen LogP contribution in [0.1, 0.15) is 15.9 Å². The molecule has 1 aromatic heterocycles. The Bertz CT molecular complexity index is 666. The molecular formula is C15H17FN4O2. The summed E-state index contributed by atoms with van der Waals surface area (Å²) in [5.41, 5.74) is 6.55. The van der Waals surface area contributed by atoms with E-state index in [0.29, 0.717) is 12.0 Å². The van der Waals surface area contributed by atoms with Crippen LogP contribution >= 0.6 is 0 Å². The van der Waals surface area contributed by atoms with Gasteiger partial charge in [-0.05, 0) is 24.1 Å². The molecule has 0 spiro atoms. The first-order valence-electron chi connectivity index (χ1n) is 6.76. The monoisotopic (exact) mass is 304 g/mol. The Labute approximate surface area is 127 Å². The average molecular weight is 304 g/mol. The SMILES string of the molecule is Cn1cc(C(=O)NCC(Cc2ccc(F)cc2)C(N)=O)cn1. The lowest BCUT2D eigenvalue weighted by molar-refractivity contribution is -0.121. The van der Waals surface area contributed by atoms with E-state index in [0.717, 1.165) is 5.56 Å². The second-order valence-electron chi connectivity index (χ2n) is 5.04. The van der Waals surface area contributed by atoms with E-state index < -0.39 is 11.8 Å². The van der Waals surface area contributed by atoms with Crippen LogP contribution < -0.4 is 11.1 Å². The molecule has 116 valence electrons. The molecule has 2 amide bonds. The standard InChI is InChI=1S/C15H17FN4O2/c1-20-9-12(8-19-20)15(22)18-7-11(14(17)21)6-10-2-4-13(16)5-3-10/h2-5,8-9,11H,6-7H2,1H3,(H2,17,21)(H,18,22). The molecule has 0 aliphatic carbocycles. The van der Waals surface area contributed by atoms with E-state index in [1.165, 1.54) is 23.0 Å². The molecule has 0 aliphatic rings. The highest BCUT2D eigenvalue weighted by Gasteiger charge is 2.18. The summed E-state index contributed by atoms with van der Waals surface area (Å²) in [6, 6.07) is 5.83. The molecule has 0 bridgehead atoms. The van der Waals surface area contributed by atoms with Crippen LogP contribution in [-0.2, 0) is 18.3 Å². The van der Waals surface area contributed by atoms with Crippen LogP contribution in [0.2, 0.25) is 0 Å². The van der Waals surface area contributed by atoms with E-state index in [1.807, 2.05) is 0 Å². The van der Waals surface area contributed by atoms with Gasteiger partial charge in [-0.15, -0.1) is 0 Å². The lowest BCUT2D eigenvalue weighted by Gasteiger charge is -2.14. The molecule has 1 aromatic carbocycles. The zero-order valence-electron chi connectivity index (χ0n) is 12.1. The van der Waals surface area contributed by atoms with Gasteiger partial charge in [-0.25, -0.2) is 4.39 Å². The normalized spacial score (nSPS) is 11.9. The zero-order valence-corrected chi connectivity index (χ0v) is 12.1. The van der Waals surface area contributed by atoms with Gasteiger partial charge in [-0.2, -0.15) is 5.10 Å². The van der Waals surface area contributed by atoms with Crippen molar-refractivity contribution in [3.05, 3.63) is 53.6 Å². The number of rotatable bonds is 6. The van der Waals surface area contributed by atoms with Crippen molar-refractivity contribution in [2.45, 2.75) is 6.42 Å². The number of amides is 2. The van der Waals surface area contributed by atoms with E-state index in [4.69, 9.17) is 5.73 Å². The third kappa shape index (κ3) is 4.15. The van der Waals surface area contributed by atoms with Crippen molar-refractivity contribution in [2.24, 2.45) is 18.7 Å². The molecule has 2 rings (SSSR count). The van der Waals surface area contributed by atoms with Gasteiger partial charge in [0.15, 0.2) is 0 Å². The average Bonchev–Trinajstić information content (AvgIpc) is 2.91. The molecule has 1 atom stereocenters. The molecule has 6 nitrogen and oxygen atoms in total. The predicted octanol–water partition coefficient (Wildman–Crippen LogP) is 0.633. The Kier molecular flexibility index (Phi) is 4.88. The van der Waals surface area contributed by atoms with Crippen LogP contribution in [0.3, 0.4) is 0 Å². The summed E-state index contributed by atoms with van der Waals surface area (Å²) in [4.78, 5) is 23.4. The maximum atomic E-state index is 12.9. The highest BCUT2D eigenvalue weighted by Crippen LogP contribution is 2.10. The number of hydrogen-bond donors (Lipinski definition) is 2. The Morgan fingerprint density at radius 3 is 2.59 bits per heavy atom. The van der Waals surface area contributed by atoms with E-state index >= 15 is 0 Å². The summed E-state index contributed by atoms with van der Waals surface area (Å²) in [5, 5.41) is 6.56. The van der Waals surface area contributed by atoms with Crippen LogP contribution in [0, 0.1) is 11.7 Å². The van der Waals surface area contributed by atoms with Crippen LogP contribution in [-0.4, -0.2) is 28.1 Å². The number of nitrogens with zero attached hydrogens (tertiary/aromatic N) is 2. The molecule has 0 radical (unpaired) electrons. The summed E-state index contributed by atoms with van der Waals surface area (Å²) in [6.07, 6.45) is 3.35. The number of halogens is 1. The van der Waals surface area contributed by atoms with Gasteiger partial charge in [0.05, 0.1) is 17.7 Å². The summed E-state index contributed by atoms with van der Waals surface area (Å²) in [6.45, 7) is 0.112.